The first-order valence-corrected chi connectivity index (χ1v) is 6.46. The maximum atomic E-state index is 11.0. The molecule has 18 heavy (non-hydrogen) atoms. The SMILES string of the molecule is CC(=O)N[C@@H](CO)[C@@H](O)[C@H]([C@H](O)CO)S(=O)(=O)O. The van der Waals surface area contributed by atoms with E-state index in [0.29, 0.717) is 0 Å². The van der Waals surface area contributed by atoms with Gasteiger partial charge in [-0.2, -0.15) is 8.42 Å². The number of carbonyl (C=O) groups excluding carboxylic acids is 1. The van der Waals surface area contributed by atoms with Crippen LogP contribution in [0.2, 0.25) is 0 Å². The van der Waals surface area contributed by atoms with E-state index >= 15 is 0 Å². The minimum atomic E-state index is -4.89. The van der Waals surface area contributed by atoms with E-state index < -0.39 is 52.7 Å². The van der Waals surface area contributed by atoms with Crippen LogP contribution in [0.3, 0.4) is 0 Å². The van der Waals surface area contributed by atoms with Crippen LogP contribution < -0.4 is 5.32 Å². The molecule has 0 spiro atoms. The van der Waals surface area contributed by atoms with Gasteiger partial charge in [-0.05, 0) is 0 Å². The number of carbonyl (C=O) groups is 1. The summed E-state index contributed by atoms with van der Waals surface area (Å²) >= 11 is 0. The molecular weight excluding hydrogens is 270 g/mol. The highest BCUT2D eigenvalue weighted by molar-refractivity contribution is 7.86. The van der Waals surface area contributed by atoms with Crippen LogP contribution in [0.25, 0.3) is 0 Å². The lowest BCUT2D eigenvalue weighted by atomic mass is 10.0. The number of hydrogen-bond donors (Lipinski definition) is 6. The summed E-state index contributed by atoms with van der Waals surface area (Å²) in [6, 6.07) is -1.41. The Hall–Kier alpha value is -0.780. The molecule has 0 aromatic rings. The second-order valence-corrected chi connectivity index (χ2v) is 5.28. The van der Waals surface area contributed by atoms with E-state index in [9.17, 15) is 23.4 Å². The topological polar surface area (TPSA) is 164 Å². The zero-order valence-electron chi connectivity index (χ0n) is 9.59. The Morgan fingerprint density at radius 2 is 1.72 bits per heavy atom. The van der Waals surface area contributed by atoms with Crippen LogP contribution in [0.5, 0.6) is 0 Å². The summed E-state index contributed by atoms with van der Waals surface area (Å²) in [5.41, 5.74) is 0. The number of aliphatic hydroxyl groups excluding tert-OH is 4. The van der Waals surface area contributed by atoms with Crippen LogP contribution in [0.15, 0.2) is 0 Å². The summed E-state index contributed by atoms with van der Waals surface area (Å²) in [6.45, 7) is -0.773. The molecule has 0 aromatic carbocycles. The lowest BCUT2D eigenvalue weighted by Crippen LogP contribution is -2.56. The van der Waals surface area contributed by atoms with Gasteiger partial charge in [0.1, 0.15) is 5.25 Å². The third-order valence-electron chi connectivity index (χ3n) is 2.24. The van der Waals surface area contributed by atoms with Gasteiger partial charge in [0.25, 0.3) is 10.1 Å². The molecule has 1 amide bonds. The third kappa shape index (κ3) is 4.84. The molecule has 9 nitrogen and oxygen atoms in total. The summed E-state index contributed by atoms with van der Waals surface area (Å²) < 4.78 is 30.9. The number of amides is 1. The van der Waals surface area contributed by atoms with Crippen molar-refractivity contribution in [1.29, 1.82) is 0 Å². The Bertz CT molecular complexity index is 369. The first-order valence-electron chi connectivity index (χ1n) is 4.96. The van der Waals surface area contributed by atoms with Crippen molar-refractivity contribution in [3.63, 3.8) is 0 Å². The minimum Gasteiger partial charge on any atom is -0.394 e. The molecule has 0 fully saturated rings. The van der Waals surface area contributed by atoms with Gasteiger partial charge in [0.15, 0.2) is 0 Å². The predicted molar refractivity (Wildman–Crippen MR) is 59.1 cm³/mol. The largest absolute Gasteiger partial charge is 0.394 e. The monoisotopic (exact) mass is 287 g/mol. The van der Waals surface area contributed by atoms with Crippen LogP contribution in [0.1, 0.15) is 6.92 Å². The molecule has 0 unspecified atom stereocenters. The predicted octanol–water partition coefficient (Wildman–Crippen LogP) is -3.55. The van der Waals surface area contributed by atoms with Crippen LogP contribution >= 0.6 is 0 Å². The standard InChI is InChI=1S/C8H17NO8S/c1-4(12)9-5(2-10)7(14)8(6(13)3-11)18(15,16)17/h5-8,10-11,13-14H,2-3H2,1H3,(H,9,12)(H,15,16,17)/t5-,6+,7+,8-/m0/s1. The summed E-state index contributed by atoms with van der Waals surface area (Å²) in [5.74, 6) is -0.652. The summed E-state index contributed by atoms with van der Waals surface area (Å²) in [6.07, 6.45) is -3.95. The van der Waals surface area contributed by atoms with Crippen molar-refractivity contribution >= 4 is 16.0 Å². The highest BCUT2D eigenvalue weighted by Gasteiger charge is 2.41. The molecule has 0 rings (SSSR count). The van der Waals surface area contributed by atoms with Gasteiger partial charge in [-0.1, -0.05) is 0 Å². The van der Waals surface area contributed by atoms with Gasteiger partial charge in [-0.15, -0.1) is 0 Å². The smallest absolute Gasteiger partial charge is 0.273 e. The molecule has 0 saturated carbocycles. The van der Waals surface area contributed by atoms with Crippen molar-refractivity contribution in [2.75, 3.05) is 13.2 Å². The second-order valence-electron chi connectivity index (χ2n) is 3.71. The summed E-state index contributed by atoms with van der Waals surface area (Å²) in [4.78, 5) is 10.8. The Kier molecular flexibility index (Phi) is 6.67. The fraction of sp³-hybridized carbons (Fsp3) is 0.875. The zero-order chi connectivity index (χ0) is 14.5. The second kappa shape index (κ2) is 6.97. The van der Waals surface area contributed by atoms with Gasteiger partial charge in [0.05, 0.1) is 31.5 Å². The molecule has 10 heteroatoms. The molecule has 0 radical (unpaired) electrons. The molecule has 0 aliphatic rings. The van der Waals surface area contributed by atoms with Crippen LogP contribution in [-0.2, 0) is 14.9 Å². The van der Waals surface area contributed by atoms with Crippen molar-refractivity contribution < 1.29 is 38.2 Å². The van der Waals surface area contributed by atoms with Gasteiger partial charge in [0.2, 0.25) is 5.91 Å². The van der Waals surface area contributed by atoms with Gasteiger partial charge >= 0.3 is 0 Å². The fourth-order valence-electron chi connectivity index (χ4n) is 1.44. The van der Waals surface area contributed by atoms with Gasteiger partial charge in [-0.25, -0.2) is 0 Å². The maximum absolute atomic E-state index is 11.0. The van der Waals surface area contributed by atoms with E-state index in [4.69, 9.17) is 14.8 Å². The Labute approximate surface area is 104 Å². The van der Waals surface area contributed by atoms with Gasteiger partial charge < -0.3 is 25.7 Å². The van der Waals surface area contributed by atoms with Crippen molar-refractivity contribution in [3.05, 3.63) is 0 Å². The Morgan fingerprint density at radius 3 is 2.00 bits per heavy atom. The Balaban J connectivity index is 5.16. The normalized spacial score (nSPS) is 18.8. The number of aliphatic hydroxyl groups is 4. The highest BCUT2D eigenvalue weighted by Crippen LogP contribution is 2.13. The average Bonchev–Trinajstić information content (AvgIpc) is 2.23. The van der Waals surface area contributed by atoms with Gasteiger partial charge in [-0.3, -0.25) is 9.35 Å². The third-order valence-corrected chi connectivity index (χ3v) is 3.53. The summed E-state index contributed by atoms with van der Waals surface area (Å²) in [7, 11) is -4.89. The molecule has 0 saturated heterocycles. The molecule has 0 bridgehead atoms. The van der Waals surface area contributed by atoms with Gasteiger partial charge in [0, 0.05) is 6.92 Å². The Morgan fingerprint density at radius 1 is 1.22 bits per heavy atom. The van der Waals surface area contributed by atoms with E-state index in [-0.39, 0.29) is 0 Å². The number of rotatable bonds is 7. The van der Waals surface area contributed by atoms with E-state index in [1.807, 2.05) is 0 Å². The molecule has 0 heterocycles. The molecule has 4 atom stereocenters. The van der Waals surface area contributed by atoms with Crippen molar-refractivity contribution in [2.45, 2.75) is 30.4 Å². The fourth-order valence-corrected chi connectivity index (χ4v) is 2.46. The molecule has 0 aliphatic carbocycles. The van der Waals surface area contributed by atoms with E-state index in [1.165, 1.54) is 0 Å². The maximum Gasteiger partial charge on any atom is 0.273 e. The lowest BCUT2D eigenvalue weighted by Gasteiger charge is -2.29. The van der Waals surface area contributed by atoms with E-state index in [0.717, 1.165) is 6.92 Å². The molecule has 0 aliphatic heterocycles. The molecule has 6 N–H and O–H groups in total. The first-order chi connectivity index (χ1) is 8.15. The number of hydrogen-bond acceptors (Lipinski definition) is 7. The van der Waals surface area contributed by atoms with Crippen LogP contribution in [-0.4, -0.2) is 76.0 Å². The first kappa shape index (κ1) is 17.2. The number of nitrogens with one attached hydrogen (secondary N) is 1. The summed E-state index contributed by atoms with van der Waals surface area (Å²) in [5, 5.41) is 36.4. The van der Waals surface area contributed by atoms with Crippen LogP contribution in [0.4, 0.5) is 0 Å². The lowest BCUT2D eigenvalue weighted by molar-refractivity contribution is -0.121. The average molecular weight is 287 g/mol. The zero-order valence-corrected chi connectivity index (χ0v) is 10.4. The van der Waals surface area contributed by atoms with Crippen molar-refractivity contribution in [3.8, 4) is 0 Å². The van der Waals surface area contributed by atoms with E-state index in [1.54, 1.807) is 0 Å². The van der Waals surface area contributed by atoms with Crippen molar-refractivity contribution in [1.82, 2.24) is 5.32 Å². The quantitative estimate of drug-likeness (QED) is 0.262. The van der Waals surface area contributed by atoms with E-state index in [2.05, 4.69) is 5.32 Å². The highest BCUT2D eigenvalue weighted by atomic mass is 32.2. The molecular formula is C8H17NO8S. The van der Waals surface area contributed by atoms with Crippen molar-refractivity contribution in [2.24, 2.45) is 0 Å². The molecule has 0 aromatic heterocycles. The minimum absolute atomic E-state index is 0.652. The van der Waals surface area contributed by atoms with Crippen LogP contribution in [0, 0.1) is 0 Å². The molecule has 108 valence electrons.